The van der Waals surface area contributed by atoms with Crippen molar-refractivity contribution in [1.29, 1.82) is 0 Å². The molecular weight excluding hydrogens is 433 g/mol. The van der Waals surface area contributed by atoms with E-state index < -0.39 is 30.2 Å². The molecule has 0 saturated carbocycles. The number of carboxylic acids is 1. The Hall–Kier alpha value is -3.24. The summed E-state index contributed by atoms with van der Waals surface area (Å²) in [6.07, 6.45) is 1.54. The van der Waals surface area contributed by atoms with Gasteiger partial charge in [-0.25, -0.2) is 9.18 Å². The van der Waals surface area contributed by atoms with Crippen LogP contribution in [0.25, 0.3) is 6.08 Å². The predicted molar refractivity (Wildman–Crippen MR) is 112 cm³/mol. The summed E-state index contributed by atoms with van der Waals surface area (Å²) in [5, 5.41) is 8.89. The third-order valence-corrected chi connectivity index (χ3v) is 5.31. The second-order valence-corrected chi connectivity index (χ2v) is 7.64. The number of amides is 1. The maximum atomic E-state index is 13.0. The standard InChI is InChI=1S/C20H14FNO6S2/c1-27-15-8-11(9-16-18(25)22(10-17(23)24)20(29)30-16)2-7-14(15)28-19(26)12-3-5-13(21)6-4-12/h2-9H,10H2,1H3,(H,23,24). The molecule has 0 spiro atoms. The van der Waals surface area contributed by atoms with E-state index in [2.05, 4.69) is 0 Å². The molecule has 0 bridgehead atoms. The van der Waals surface area contributed by atoms with Crippen LogP contribution < -0.4 is 9.47 Å². The van der Waals surface area contributed by atoms with Crippen LogP contribution in [-0.2, 0) is 9.59 Å². The third-order valence-electron chi connectivity index (χ3n) is 3.93. The summed E-state index contributed by atoms with van der Waals surface area (Å²) in [6.45, 7) is -0.510. The summed E-state index contributed by atoms with van der Waals surface area (Å²) in [7, 11) is 1.39. The number of rotatable bonds is 6. The predicted octanol–water partition coefficient (Wildman–Crippen LogP) is 3.34. The summed E-state index contributed by atoms with van der Waals surface area (Å²) >= 11 is 6.05. The monoisotopic (exact) mass is 447 g/mol. The summed E-state index contributed by atoms with van der Waals surface area (Å²) in [4.78, 5) is 36.7. The van der Waals surface area contributed by atoms with Gasteiger partial charge in [0.05, 0.1) is 17.6 Å². The van der Waals surface area contributed by atoms with Gasteiger partial charge in [-0.15, -0.1) is 0 Å². The zero-order chi connectivity index (χ0) is 21.8. The molecule has 1 fully saturated rings. The third kappa shape index (κ3) is 4.84. The summed E-state index contributed by atoms with van der Waals surface area (Å²) in [6, 6.07) is 9.55. The van der Waals surface area contributed by atoms with Crippen molar-refractivity contribution in [3.63, 3.8) is 0 Å². The molecule has 2 aromatic carbocycles. The van der Waals surface area contributed by atoms with Gasteiger partial charge < -0.3 is 14.6 Å². The molecule has 1 N–H and O–H groups in total. The number of methoxy groups -OCH3 is 1. The number of halogens is 1. The Labute approximate surface area is 180 Å². The highest BCUT2D eigenvalue weighted by molar-refractivity contribution is 8.26. The first kappa shape index (κ1) is 21.5. The van der Waals surface area contributed by atoms with Crippen LogP contribution in [0.5, 0.6) is 11.5 Å². The molecule has 1 heterocycles. The van der Waals surface area contributed by atoms with Crippen LogP contribution in [0.3, 0.4) is 0 Å². The molecule has 0 radical (unpaired) electrons. The SMILES string of the molecule is COc1cc(C=C2SC(=S)N(CC(=O)O)C2=O)ccc1OC(=O)c1ccc(F)cc1. The van der Waals surface area contributed by atoms with Crippen LogP contribution in [0.4, 0.5) is 4.39 Å². The molecule has 0 atom stereocenters. The van der Waals surface area contributed by atoms with Gasteiger partial charge in [0.25, 0.3) is 5.91 Å². The highest BCUT2D eigenvalue weighted by atomic mass is 32.2. The molecule has 154 valence electrons. The van der Waals surface area contributed by atoms with E-state index in [1.807, 2.05) is 0 Å². The highest BCUT2D eigenvalue weighted by Gasteiger charge is 2.33. The fraction of sp³-hybridized carbons (Fsp3) is 0.100. The molecule has 1 amide bonds. The zero-order valence-electron chi connectivity index (χ0n) is 15.5. The summed E-state index contributed by atoms with van der Waals surface area (Å²) < 4.78 is 23.7. The molecule has 1 aliphatic rings. The summed E-state index contributed by atoms with van der Waals surface area (Å²) in [5.74, 6) is -2.44. The second kappa shape index (κ2) is 9.06. The van der Waals surface area contributed by atoms with Crippen LogP contribution in [0.15, 0.2) is 47.4 Å². The van der Waals surface area contributed by atoms with Crippen LogP contribution in [0.2, 0.25) is 0 Å². The van der Waals surface area contributed by atoms with Crippen molar-refractivity contribution >= 4 is 52.2 Å². The average Bonchev–Trinajstić information content (AvgIpc) is 2.96. The Kier molecular flexibility index (Phi) is 6.48. The molecule has 0 aromatic heterocycles. The van der Waals surface area contributed by atoms with Crippen molar-refractivity contribution < 1.29 is 33.4 Å². The largest absolute Gasteiger partial charge is 0.493 e. The van der Waals surface area contributed by atoms with Gasteiger partial charge in [0.15, 0.2) is 11.5 Å². The van der Waals surface area contributed by atoms with Crippen molar-refractivity contribution in [2.75, 3.05) is 13.7 Å². The molecule has 1 aliphatic heterocycles. The van der Waals surface area contributed by atoms with Crippen molar-refractivity contribution in [2.45, 2.75) is 0 Å². The van der Waals surface area contributed by atoms with Crippen LogP contribution in [0, 0.1) is 5.82 Å². The maximum absolute atomic E-state index is 13.0. The Morgan fingerprint density at radius 3 is 2.53 bits per heavy atom. The summed E-state index contributed by atoms with van der Waals surface area (Å²) in [5.41, 5.74) is 0.730. The first-order chi connectivity index (χ1) is 14.3. The number of nitrogens with zero attached hydrogens (tertiary/aromatic N) is 1. The lowest BCUT2D eigenvalue weighted by Gasteiger charge is -2.11. The van der Waals surface area contributed by atoms with Gasteiger partial charge in [-0.3, -0.25) is 14.5 Å². The Morgan fingerprint density at radius 2 is 1.90 bits per heavy atom. The van der Waals surface area contributed by atoms with Gasteiger partial charge in [0.1, 0.15) is 16.7 Å². The first-order valence-electron chi connectivity index (χ1n) is 8.41. The van der Waals surface area contributed by atoms with Crippen LogP contribution >= 0.6 is 24.0 Å². The first-order valence-corrected chi connectivity index (χ1v) is 9.64. The number of esters is 1. The van der Waals surface area contributed by atoms with E-state index in [1.54, 1.807) is 12.1 Å². The molecule has 10 heteroatoms. The minimum absolute atomic E-state index is 0.141. The van der Waals surface area contributed by atoms with Gasteiger partial charge in [-0.2, -0.15) is 0 Å². The normalized spacial score (nSPS) is 14.9. The number of carbonyl (C=O) groups is 3. The van der Waals surface area contributed by atoms with Crippen molar-refractivity contribution in [1.82, 2.24) is 4.90 Å². The van der Waals surface area contributed by atoms with Crippen LogP contribution in [0.1, 0.15) is 15.9 Å². The molecule has 0 unspecified atom stereocenters. The van der Waals surface area contributed by atoms with Crippen molar-refractivity contribution in [3.05, 3.63) is 64.3 Å². The number of hydrogen-bond acceptors (Lipinski definition) is 7. The van der Waals surface area contributed by atoms with E-state index >= 15 is 0 Å². The molecule has 30 heavy (non-hydrogen) atoms. The molecule has 7 nitrogen and oxygen atoms in total. The van der Waals surface area contributed by atoms with E-state index in [0.29, 0.717) is 5.56 Å². The Balaban J connectivity index is 1.80. The molecular formula is C20H14FNO6S2. The van der Waals surface area contributed by atoms with E-state index in [-0.39, 0.29) is 26.3 Å². The lowest BCUT2D eigenvalue weighted by molar-refractivity contribution is -0.140. The molecule has 3 rings (SSSR count). The van der Waals surface area contributed by atoms with Gasteiger partial charge in [-0.1, -0.05) is 30.0 Å². The highest BCUT2D eigenvalue weighted by Crippen LogP contribution is 2.34. The fourth-order valence-corrected chi connectivity index (χ4v) is 3.78. The minimum atomic E-state index is -1.17. The quantitative estimate of drug-likeness (QED) is 0.312. The second-order valence-electron chi connectivity index (χ2n) is 5.97. The number of thiocarbonyl (C=S) groups is 1. The smallest absolute Gasteiger partial charge is 0.343 e. The lowest BCUT2D eigenvalue weighted by atomic mass is 10.1. The van der Waals surface area contributed by atoms with E-state index in [0.717, 1.165) is 28.8 Å². The van der Waals surface area contributed by atoms with E-state index in [9.17, 15) is 18.8 Å². The number of carbonyl (C=O) groups excluding carboxylic acids is 2. The van der Waals surface area contributed by atoms with Crippen molar-refractivity contribution in [3.8, 4) is 11.5 Å². The number of hydrogen-bond donors (Lipinski definition) is 1. The Bertz CT molecular complexity index is 1070. The average molecular weight is 447 g/mol. The van der Waals surface area contributed by atoms with Crippen molar-refractivity contribution in [2.24, 2.45) is 0 Å². The van der Waals surface area contributed by atoms with Crippen LogP contribution in [-0.4, -0.2) is 45.8 Å². The number of ether oxygens (including phenoxy) is 2. The van der Waals surface area contributed by atoms with E-state index in [1.165, 1.54) is 31.4 Å². The van der Waals surface area contributed by atoms with Gasteiger partial charge >= 0.3 is 11.9 Å². The Morgan fingerprint density at radius 1 is 1.20 bits per heavy atom. The number of thioether (sulfide) groups is 1. The van der Waals surface area contributed by atoms with Gasteiger partial charge in [0, 0.05) is 0 Å². The lowest BCUT2D eigenvalue weighted by Crippen LogP contribution is -2.33. The van der Waals surface area contributed by atoms with E-state index in [4.69, 9.17) is 26.8 Å². The molecule has 2 aromatic rings. The zero-order valence-corrected chi connectivity index (χ0v) is 17.1. The van der Waals surface area contributed by atoms with Gasteiger partial charge in [-0.05, 0) is 48.0 Å². The number of benzene rings is 2. The molecule has 1 saturated heterocycles. The molecule has 0 aliphatic carbocycles. The number of carboxylic acid groups (broad SMARTS) is 1. The topological polar surface area (TPSA) is 93.1 Å². The minimum Gasteiger partial charge on any atom is -0.493 e. The van der Waals surface area contributed by atoms with Gasteiger partial charge in [0.2, 0.25) is 0 Å². The fourth-order valence-electron chi connectivity index (χ4n) is 2.53. The number of aliphatic carboxylic acids is 1. The maximum Gasteiger partial charge on any atom is 0.343 e.